The van der Waals surface area contributed by atoms with E-state index in [4.69, 9.17) is 0 Å². The van der Waals surface area contributed by atoms with Crippen molar-refractivity contribution in [1.82, 2.24) is 9.97 Å². The Morgan fingerprint density at radius 1 is 1.13 bits per heavy atom. The summed E-state index contributed by atoms with van der Waals surface area (Å²) in [4.78, 5) is 8.63. The number of rotatable bonds is 2. The van der Waals surface area contributed by atoms with Crippen molar-refractivity contribution >= 4 is 27.7 Å². The van der Waals surface area contributed by atoms with E-state index in [1.54, 1.807) is 30.6 Å². The van der Waals surface area contributed by atoms with Crippen LogP contribution >= 0.6 is 27.7 Å². The highest BCUT2D eigenvalue weighted by molar-refractivity contribution is 9.10. The SMILES string of the molecule is Fc1ccccc1Sc1ncc(Br)cn1. The van der Waals surface area contributed by atoms with E-state index >= 15 is 0 Å². The molecule has 1 heterocycles. The smallest absolute Gasteiger partial charge is 0.192 e. The highest BCUT2D eigenvalue weighted by atomic mass is 79.9. The van der Waals surface area contributed by atoms with E-state index in [-0.39, 0.29) is 5.82 Å². The minimum absolute atomic E-state index is 0.256. The molecule has 0 atom stereocenters. The molecule has 0 amide bonds. The molecule has 0 N–H and O–H groups in total. The van der Waals surface area contributed by atoms with Crippen molar-refractivity contribution in [3.8, 4) is 0 Å². The molecular weight excluding hydrogens is 279 g/mol. The third kappa shape index (κ3) is 2.76. The van der Waals surface area contributed by atoms with Gasteiger partial charge in [0, 0.05) is 12.4 Å². The van der Waals surface area contributed by atoms with Gasteiger partial charge in [0.15, 0.2) is 5.16 Å². The zero-order chi connectivity index (χ0) is 10.7. The van der Waals surface area contributed by atoms with Crippen LogP contribution in [0.4, 0.5) is 4.39 Å². The maximum Gasteiger partial charge on any atom is 0.192 e. The van der Waals surface area contributed by atoms with Gasteiger partial charge in [-0.15, -0.1) is 0 Å². The van der Waals surface area contributed by atoms with Gasteiger partial charge < -0.3 is 0 Å². The summed E-state index contributed by atoms with van der Waals surface area (Å²) < 4.78 is 14.1. The summed E-state index contributed by atoms with van der Waals surface area (Å²) in [7, 11) is 0. The molecule has 2 rings (SSSR count). The van der Waals surface area contributed by atoms with Crippen LogP contribution in [0.3, 0.4) is 0 Å². The Morgan fingerprint density at radius 3 is 2.47 bits per heavy atom. The van der Waals surface area contributed by atoms with Gasteiger partial charge in [0.25, 0.3) is 0 Å². The van der Waals surface area contributed by atoms with Crippen LogP contribution in [0.2, 0.25) is 0 Å². The molecule has 0 aliphatic rings. The second-order valence-corrected chi connectivity index (χ2v) is 4.64. The van der Waals surface area contributed by atoms with E-state index in [0.29, 0.717) is 10.1 Å². The third-order valence-corrected chi connectivity index (χ3v) is 2.99. The van der Waals surface area contributed by atoms with Crippen LogP contribution < -0.4 is 0 Å². The van der Waals surface area contributed by atoms with E-state index in [0.717, 1.165) is 4.47 Å². The van der Waals surface area contributed by atoms with Crippen LogP contribution in [0.5, 0.6) is 0 Å². The van der Waals surface area contributed by atoms with Crippen LogP contribution in [0.25, 0.3) is 0 Å². The Balaban J connectivity index is 2.22. The first-order chi connectivity index (χ1) is 7.25. The van der Waals surface area contributed by atoms with Gasteiger partial charge in [-0.05, 0) is 39.8 Å². The molecule has 0 fully saturated rings. The largest absolute Gasteiger partial charge is 0.230 e. The predicted octanol–water partition coefficient (Wildman–Crippen LogP) is 3.53. The predicted molar refractivity (Wildman–Crippen MR) is 60.3 cm³/mol. The molecule has 0 bridgehead atoms. The van der Waals surface area contributed by atoms with Crippen LogP contribution in [-0.2, 0) is 0 Å². The molecule has 1 aromatic carbocycles. The van der Waals surface area contributed by atoms with Crippen molar-refractivity contribution in [2.45, 2.75) is 10.1 Å². The van der Waals surface area contributed by atoms with Gasteiger partial charge in [-0.2, -0.15) is 0 Å². The Kier molecular flexibility index (Phi) is 3.33. The first-order valence-corrected chi connectivity index (χ1v) is 5.76. The average Bonchev–Trinajstić information content (AvgIpc) is 2.25. The lowest BCUT2D eigenvalue weighted by atomic mass is 10.4. The molecular formula is C10H6BrFN2S. The monoisotopic (exact) mass is 284 g/mol. The van der Waals surface area contributed by atoms with Gasteiger partial charge in [0.05, 0.1) is 9.37 Å². The fourth-order valence-corrected chi connectivity index (χ4v) is 1.90. The summed E-state index contributed by atoms with van der Waals surface area (Å²) in [6.45, 7) is 0. The Labute approximate surface area is 99.1 Å². The fourth-order valence-electron chi connectivity index (χ4n) is 0.979. The lowest BCUT2D eigenvalue weighted by molar-refractivity contribution is 0.601. The molecule has 0 radical (unpaired) electrons. The molecule has 5 heteroatoms. The second kappa shape index (κ2) is 4.72. The number of nitrogens with zero attached hydrogens (tertiary/aromatic N) is 2. The molecule has 15 heavy (non-hydrogen) atoms. The van der Waals surface area contributed by atoms with Gasteiger partial charge >= 0.3 is 0 Å². The zero-order valence-electron chi connectivity index (χ0n) is 7.52. The van der Waals surface area contributed by atoms with Gasteiger partial charge in [-0.25, -0.2) is 14.4 Å². The fraction of sp³-hybridized carbons (Fsp3) is 0. The lowest BCUT2D eigenvalue weighted by Gasteiger charge is -2.00. The van der Waals surface area contributed by atoms with Crippen LogP contribution in [0.1, 0.15) is 0 Å². The summed E-state index contributed by atoms with van der Waals surface area (Å²) >= 11 is 4.44. The molecule has 0 spiro atoms. The van der Waals surface area contributed by atoms with Crippen molar-refractivity contribution in [2.24, 2.45) is 0 Å². The average molecular weight is 285 g/mol. The van der Waals surface area contributed by atoms with Crippen molar-refractivity contribution in [1.29, 1.82) is 0 Å². The number of benzene rings is 1. The quantitative estimate of drug-likeness (QED) is 0.789. The molecule has 0 saturated carbocycles. The molecule has 2 nitrogen and oxygen atoms in total. The summed E-state index contributed by atoms with van der Waals surface area (Å²) in [5, 5.41) is 0.531. The van der Waals surface area contributed by atoms with Crippen molar-refractivity contribution in [2.75, 3.05) is 0 Å². The highest BCUT2D eigenvalue weighted by Gasteiger charge is 2.04. The molecule has 0 aliphatic carbocycles. The Bertz CT molecular complexity index is 461. The third-order valence-electron chi connectivity index (χ3n) is 1.63. The normalized spacial score (nSPS) is 10.3. The molecule has 1 aromatic heterocycles. The topological polar surface area (TPSA) is 25.8 Å². The van der Waals surface area contributed by atoms with E-state index in [1.807, 2.05) is 0 Å². The summed E-state index contributed by atoms with van der Waals surface area (Å²) in [6.07, 6.45) is 3.27. The minimum Gasteiger partial charge on any atom is -0.230 e. The maximum absolute atomic E-state index is 13.3. The molecule has 2 aromatic rings. The van der Waals surface area contributed by atoms with Crippen LogP contribution in [0.15, 0.2) is 51.2 Å². The van der Waals surface area contributed by atoms with Crippen molar-refractivity contribution in [3.63, 3.8) is 0 Å². The highest BCUT2D eigenvalue weighted by Crippen LogP contribution is 2.26. The van der Waals surface area contributed by atoms with Gasteiger partial charge in [0.1, 0.15) is 5.82 Å². The van der Waals surface area contributed by atoms with E-state index < -0.39 is 0 Å². The van der Waals surface area contributed by atoms with Crippen molar-refractivity contribution in [3.05, 3.63) is 46.9 Å². The molecule has 0 unspecified atom stereocenters. The van der Waals surface area contributed by atoms with Crippen LogP contribution in [-0.4, -0.2) is 9.97 Å². The zero-order valence-corrected chi connectivity index (χ0v) is 9.93. The van der Waals surface area contributed by atoms with E-state index in [1.165, 1.54) is 17.8 Å². The Morgan fingerprint density at radius 2 is 1.80 bits per heavy atom. The number of halogens is 2. The number of hydrogen-bond donors (Lipinski definition) is 0. The Hall–Kier alpha value is -0.940. The number of aromatic nitrogens is 2. The van der Waals surface area contributed by atoms with E-state index in [9.17, 15) is 4.39 Å². The molecule has 0 aliphatic heterocycles. The lowest BCUT2D eigenvalue weighted by Crippen LogP contribution is -1.86. The summed E-state index contributed by atoms with van der Waals surface area (Å²) in [5.74, 6) is -0.256. The van der Waals surface area contributed by atoms with E-state index in [2.05, 4.69) is 25.9 Å². The first kappa shape index (κ1) is 10.6. The number of hydrogen-bond acceptors (Lipinski definition) is 3. The van der Waals surface area contributed by atoms with Gasteiger partial charge in [-0.3, -0.25) is 0 Å². The molecule has 0 saturated heterocycles. The maximum atomic E-state index is 13.3. The van der Waals surface area contributed by atoms with Crippen molar-refractivity contribution < 1.29 is 4.39 Å². The molecule has 76 valence electrons. The van der Waals surface area contributed by atoms with Gasteiger partial charge in [-0.1, -0.05) is 12.1 Å². The first-order valence-electron chi connectivity index (χ1n) is 4.15. The van der Waals surface area contributed by atoms with Gasteiger partial charge in [0.2, 0.25) is 0 Å². The minimum atomic E-state index is -0.256. The second-order valence-electron chi connectivity index (χ2n) is 2.72. The summed E-state index contributed by atoms with van der Waals surface area (Å²) in [5.41, 5.74) is 0. The summed E-state index contributed by atoms with van der Waals surface area (Å²) in [6, 6.07) is 6.55. The van der Waals surface area contributed by atoms with Crippen LogP contribution in [0, 0.1) is 5.82 Å². The standard InChI is InChI=1S/C10H6BrFN2S/c11-7-5-13-10(14-6-7)15-9-4-2-1-3-8(9)12/h1-6H.